The molecule has 0 aliphatic rings. The fourth-order valence-electron chi connectivity index (χ4n) is 10.4. The van der Waals surface area contributed by atoms with Gasteiger partial charge in [-0.1, -0.05) is 158 Å². The Morgan fingerprint density at radius 2 is 0.632 bits per heavy atom. The molecule has 0 spiro atoms. The maximum Gasteiger partial charge on any atom is 0.164 e. The van der Waals surface area contributed by atoms with Crippen molar-refractivity contribution in [3.8, 4) is 96.9 Å². The third-order valence-electron chi connectivity index (χ3n) is 14.0. The lowest BCUT2D eigenvalue weighted by atomic mass is 9.99. The number of fused-ring (bicyclic) bond motifs is 6. The van der Waals surface area contributed by atoms with E-state index in [1.807, 2.05) is 140 Å². The highest BCUT2D eigenvalue weighted by Gasteiger charge is 2.24. The molecule has 0 bridgehead atoms. The average Bonchev–Trinajstić information content (AvgIpc) is 4.02. The summed E-state index contributed by atoms with van der Waals surface area (Å²) < 4.78 is 4.61. The molecule has 10 nitrogen and oxygen atoms in total. The second-order valence-corrected chi connectivity index (χ2v) is 18.5. The normalized spacial score (nSPS) is 11.4. The third kappa shape index (κ3) is 7.63. The first-order chi connectivity index (χ1) is 37.6. The lowest BCUT2D eigenvalue weighted by Gasteiger charge is -2.19. The van der Waals surface area contributed by atoms with Gasteiger partial charge >= 0.3 is 0 Å². The molecule has 0 atom stereocenters. The summed E-state index contributed by atoms with van der Waals surface area (Å²) in [5, 5.41) is 15.2. The molecular formula is C66H40N10. The Morgan fingerprint density at radius 3 is 1.03 bits per heavy atom. The van der Waals surface area contributed by atoms with Crippen LogP contribution in [0, 0.1) is 11.3 Å². The number of nitrogens with zero attached hydrogens (tertiary/aromatic N) is 10. The molecule has 9 aromatic carbocycles. The molecule has 14 aromatic rings. The number of benzene rings is 9. The Balaban J connectivity index is 0.998. The molecule has 0 N–H and O–H groups in total. The molecule has 354 valence electrons. The highest BCUT2D eigenvalue weighted by atomic mass is 15.1. The summed E-state index contributed by atoms with van der Waals surface area (Å²) in [5.74, 6) is 3.51. The van der Waals surface area contributed by atoms with E-state index in [2.05, 4.69) is 111 Å². The molecule has 0 amide bonds. The molecule has 0 aliphatic heterocycles. The minimum atomic E-state index is 0.529. The zero-order valence-electron chi connectivity index (χ0n) is 40.6. The van der Waals surface area contributed by atoms with Gasteiger partial charge in [0.25, 0.3) is 0 Å². The number of hydrogen-bond donors (Lipinski definition) is 0. The molecule has 76 heavy (non-hydrogen) atoms. The standard InChI is InChI=1S/C66H40N10/c67-41-49-39-59(75-55-27-15-13-25-50(55)53-37-47(29-31-57(53)75)65-71-61(43-17-5-1-6-18-43)69-62(72-65)44-19-7-2-8-20-44)60(40-52(49)42-33-35-68-36-34-42)76-56-28-16-14-26-51(56)54-38-48(30-32-58(54)76)66-73-63(45-21-9-3-10-22-45)70-64(74-66)46-23-11-4-12-24-46/h1-40H. The van der Waals surface area contributed by atoms with E-state index in [9.17, 15) is 5.26 Å². The topological polar surface area (TPSA) is 124 Å². The van der Waals surface area contributed by atoms with Gasteiger partial charge in [-0.2, -0.15) is 5.26 Å². The Morgan fingerprint density at radius 1 is 0.289 bits per heavy atom. The van der Waals surface area contributed by atoms with E-state index in [0.717, 1.165) is 99.5 Å². The summed E-state index contributed by atoms with van der Waals surface area (Å²) in [6.45, 7) is 0. The van der Waals surface area contributed by atoms with Crippen molar-refractivity contribution in [3.05, 3.63) is 248 Å². The first-order valence-electron chi connectivity index (χ1n) is 24.9. The summed E-state index contributed by atoms with van der Waals surface area (Å²) in [6.07, 6.45) is 3.53. The molecule has 0 aliphatic carbocycles. The quantitative estimate of drug-likeness (QED) is 0.140. The van der Waals surface area contributed by atoms with Gasteiger partial charge in [0.2, 0.25) is 0 Å². The molecule has 14 rings (SSSR count). The van der Waals surface area contributed by atoms with Gasteiger partial charge in [-0.05, 0) is 78.4 Å². The average molecular weight is 973 g/mol. The van der Waals surface area contributed by atoms with Gasteiger partial charge < -0.3 is 9.13 Å². The number of pyridine rings is 1. The van der Waals surface area contributed by atoms with E-state index in [4.69, 9.17) is 29.9 Å². The Hall–Kier alpha value is -10.8. The predicted octanol–water partition coefficient (Wildman–Crippen LogP) is 15.2. The van der Waals surface area contributed by atoms with Gasteiger partial charge in [0, 0.05) is 72.9 Å². The van der Waals surface area contributed by atoms with E-state index < -0.39 is 0 Å². The maximum absolute atomic E-state index is 11.1. The van der Waals surface area contributed by atoms with E-state index in [1.54, 1.807) is 12.4 Å². The summed E-state index contributed by atoms with van der Waals surface area (Å²) >= 11 is 0. The highest BCUT2D eigenvalue weighted by molar-refractivity contribution is 6.13. The molecule has 0 radical (unpaired) electrons. The highest BCUT2D eigenvalue weighted by Crippen LogP contribution is 2.42. The van der Waals surface area contributed by atoms with Crippen LogP contribution in [0.4, 0.5) is 0 Å². The van der Waals surface area contributed by atoms with Crippen LogP contribution in [0.25, 0.3) is 134 Å². The first-order valence-corrected chi connectivity index (χ1v) is 24.9. The molecule has 0 fully saturated rings. The van der Waals surface area contributed by atoms with Crippen LogP contribution in [0.2, 0.25) is 0 Å². The summed E-state index contributed by atoms with van der Waals surface area (Å²) in [7, 11) is 0. The minimum Gasteiger partial charge on any atom is -0.307 e. The summed E-state index contributed by atoms with van der Waals surface area (Å²) in [4.78, 5) is 34.7. The van der Waals surface area contributed by atoms with Gasteiger partial charge in [0.15, 0.2) is 34.9 Å². The molecule has 10 heteroatoms. The van der Waals surface area contributed by atoms with E-state index in [0.29, 0.717) is 40.5 Å². The van der Waals surface area contributed by atoms with Crippen molar-refractivity contribution in [2.75, 3.05) is 0 Å². The molecular weight excluding hydrogens is 933 g/mol. The molecule has 0 unspecified atom stereocenters. The molecule has 5 heterocycles. The van der Waals surface area contributed by atoms with E-state index >= 15 is 0 Å². The van der Waals surface area contributed by atoms with Crippen LogP contribution >= 0.6 is 0 Å². The van der Waals surface area contributed by atoms with Gasteiger partial charge in [0.05, 0.1) is 45.1 Å². The minimum absolute atomic E-state index is 0.529. The fraction of sp³-hybridized carbons (Fsp3) is 0. The van der Waals surface area contributed by atoms with Crippen molar-refractivity contribution in [1.29, 1.82) is 5.26 Å². The first kappa shape index (κ1) is 44.0. The number of rotatable bonds is 9. The Bertz CT molecular complexity index is 4450. The predicted molar refractivity (Wildman–Crippen MR) is 302 cm³/mol. The zero-order valence-corrected chi connectivity index (χ0v) is 40.6. The van der Waals surface area contributed by atoms with Crippen LogP contribution in [0.5, 0.6) is 0 Å². The van der Waals surface area contributed by atoms with Gasteiger partial charge in [-0.3, -0.25) is 4.98 Å². The van der Waals surface area contributed by atoms with Crippen LogP contribution in [-0.2, 0) is 0 Å². The number of hydrogen-bond acceptors (Lipinski definition) is 8. The summed E-state index contributed by atoms with van der Waals surface area (Å²) in [5.41, 5.74) is 13.1. The van der Waals surface area contributed by atoms with E-state index in [-0.39, 0.29) is 0 Å². The van der Waals surface area contributed by atoms with Crippen molar-refractivity contribution >= 4 is 43.6 Å². The van der Waals surface area contributed by atoms with Gasteiger partial charge in [-0.25, -0.2) is 29.9 Å². The Labute approximate surface area is 436 Å². The fourth-order valence-corrected chi connectivity index (χ4v) is 10.4. The monoisotopic (exact) mass is 972 g/mol. The maximum atomic E-state index is 11.1. The van der Waals surface area contributed by atoms with Crippen molar-refractivity contribution in [2.24, 2.45) is 0 Å². The molecule has 0 saturated heterocycles. The SMILES string of the molecule is N#Cc1cc(-n2c3ccccc3c3cc(-c4nc(-c5ccccc5)nc(-c5ccccc5)n4)ccc32)c(-n2c3ccccc3c3cc(-c4nc(-c5ccccc5)nc(-c5ccccc5)n4)ccc32)cc1-c1ccncc1. The van der Waals surface area contributed by atoms with Crippen molar-refractivity contribution in [3.63, 3.8) is 0 Å². The Kier molecular flexibility index (Phi) is 10.6. The molecule has 5 aromatic heterocycles. The van der Waals surface area contributed by atoms with E-state index in [1.165, 1.54) is 0 Å². The third-order valence-corrected chi connectivity index (χ3v) is 14.0. The lowest BCUT2D eigenvalue weighted by Crippen LogP contribution is -2.05. The molecule has 0 saturated carbocycles. The van der Waals surface area contributed by atoms with Crippen molar-refractivity contribution < 1.29 is 0 Å². The summed E-state index contributed by atoms with van der Waals surface area (Å²) in [6, 6.07) is 80.5. The van der Waals surface area contributed by atoms with Crippen LogP contribution in [0.15, 0.2) is 243 Å². The lowest BCUT2D eigenvalue weighted by molar-refractivity contribution is 1.07. The van der Waals surface area contributed by atoms with Crippen molar-refractivity contribution in [1.82, 2.24) is 44.0 Å². The smallest absolute Gasteiger partial charge is 0.164 e. The van der Waals surface area contributed by atoms with Gasteiger partial charge in [0.1, 0.15) is 0 Å². The van der Waals surface area contributed by atoms with Gasteiger partial charge in [-0.15, -0.1) is 0 Å². The van der Waals surface area contributed by atoms with Crippen LogP contribution < -0.4 is 0 Å². The second-order valence-electron chi connectivity index (χ2n) is 18.5. The second kappa shape index (κ2) is 18.4. The number of para-hydroxylation sites is 2. The van der Waals surface area contributed by atoms with Crippen LogP contribution in [-0.4, -0.2) is 44.0 Å². The largest absolute Gasteiger partial charge is 0.307 e. The number of aromatic nitrogens is 9. The zero-order chi connectivity index (χ0) is 50.5. The van der Waals surface area contributed by atoms with Crippen molar-refractivity contribution in [2.45, 2.75) is 0 Å². The number of nitriles is 1. The van der Waals surface area contributed by atoms with Crippen LogP contribution in [0.1, 0.15) is 5.56 Å². The van der Waals surface area contributed by atoms with Crippen LogP contribution in [0.3, 0.4) is 0 Å².